The summed E-state index contributed by atoms with van der Waals surface area (Å²) in [5, 5.41) is 11.3. The molecule has 0 fully saturated rings. The molecule has 1 aliphatic carbocycles. The van der Waals surface area contributed by atoms with Gasteiger partial charge < -0.3 is 10.1 Å². The van der Waals surface area contributed by atoms with Crippen molar-refractivity contribution in [3.63, 3.8) is 0 Å². The topological polar surface area (TPSA) is 36.0 Å². The molecule has 0 radical (unpaired) electrons. The zero-order valence-corrected chi connectivity index (χ0v) is 10.4. The van der Waals surface area contributed by atoms with Crippen molar-refractivity contribution in [3.8, 4) is 5.88 Å². The van der Waals surface area contributed by atoms with Crippen LogP contribution < -0.4 is 0 Å². The monoisotopic (exact) mass is 247 g/mol. The summed E-state index contributed by atoms with van der Waals surface area (Å²) in [4.78, 5) is 3.05. The largest absolute Gasteiger partial charge is 0.494 e. The maximum absolute atomic E-state index is 10.2. The predicted molar refractivity (Wildman–Crippen MR) is 77.2 cm³/mol. The minimum atomic E-state index is 0.254. The van der Waals surface area contributed by atoms with Gasteiger partial charge in [0.25, 0.3) is 0 Å². The van der Waals surface area contributed by atoms with Crippen molar-refractivity contribution < 1.29 is 5.11 Å². The first-order chi connectivity index (χ1) is 9.34. The van der Waals surface area contributed by atoms with Gasteiger partial charge in [-0.3, -0.25) is 0 Å². The highest BCUT2D eigenvalue weighted by Crippen LogP contribution is 2.40. The van der Waals surface area contributed by atoms with E-state index in [1.54, 1.807) is 0 Å². The highest BCUT2D eigenvalue weighted by molar-refractivity contribution is 6.01. The molecule has 2 nitrogen and oxygen atoms in total. The first-order valence-corrected chi connectivity index (χ1v) is 6.43. The van der Waals surface area contributed by atoms with Crippen molar-refractivity contribution in [3.05, 3.63) is 71.3 Å². The molecule has 0 saturated heterocycles. The van der Waals surface area contributed by atoms with Gasteiger partial charge in [-0.05, 0) is 29.2 Å². The van der Waals surface area contributed by atoms with Gasteiger partial charge in [-0.25, -0.2) is 0 Å². The molecule has 0 saturated carbocycles. The van der Waals surface area contributed by atoms with Crippen LogP contribution in [0.1, 0.15) is 16.7 Å². The van der Waals surface area contributed by atoms with Gasteiger partial charge in [-0.2, -0.15) is 0 Å². The van der Waals surface area contributed by atoms with Crippen LogP contribution in [0.15, 0.2) is 54.6 Å². The number of fused-ring (bicyclic) bond motifs is 2. The fourth-order valence-corrected chi connectivity index (χ4v) is 2.92. The Morgan fingerprint density at radius 3 is 2.68 bits per heavy atom. The third kappa shape index (κ3) is 1.43. The lowest BCUT2D eigenvalue weighted by Gasteiger charge is -2.05. The van der Waals surface area contributed by atoms with Crippen molar-refractivity contribution >= 4 is 16.5 Å². The Labute approximate surface area is 111 Å². The van der Waals surface area contributed by atoms with Crippen LogP contribution in [0.3, 0.4) is 0 Å². The third-order valence-electron chi connectivity index (χ3n) is 3.79. The first kappa shape index (κ1) is 10.4. The van der Waals surface area contributed by atoms with Crippen molar-refractivity contribution in [1.82, 2.24) is 4.98 Å². The van der Waals surface area contributed by atoms with Crippen LogP contribution in [0.2, 0.25) is 0 Å². The molecular weight excluding hydrogens is 234 g/mol. The number of aromatic amines is 1. The standard InChI is InChI=1S/C17H13NO/c19-17-16(14-7-3-4-8-15(14)18-17)13-10-9-11-5-1-2-6-12(11)13/h1-8,10,18-19H,9H2. The number of hydrogen-bond acceptors (Lipinski definition) is 1. The maximum atomic E-state index is 10.2. The van der Waals surface area contributed by atoms with Gasteiger partial charge in [0.1, 0.15) is 0 Å². The van der Waals surface area contributed by atoms with E-state index >= 15 is 0 Å². The van der Waals surface area contributed by atoms with Gasteiger partial charge >= 0.3 is 0 Å². The van der Waals surface area contributed by atoms with E-state index in [-0.39, 0.29) is 5.88 Å². The molecule has 0 amide bonds. The van der Waals surface area contributed by atoms with Crippen LogP contribution in [-0.4, -0.2) is 10.1 Å². The molecule has 0 unspecified atom stereocenters. The molecule has 19 heavy (non-hydrogen) atoms. The number of rotatable bonds is 1. The summed E-state index contributed by atoms with van der Waals surface area (Å²) < 4.78 is 0. The molecule has 2 N–H and O–H groups in total. The summed E-state index contributed by atoms with van der Waals surface area (Å²) >= 11 is 0. The van der Waals surface area contributed by atoms with Crippen molar-refractivity contribution in [2.75, 3.05) is 0 Å². The van der Waals surface area contributed by atoms with E-state index in [1.807, 2.05) is 30.3 Å². The molecule has 4 rings (SSSR count). The molecule has 0 bridgehead atoms. The van der Waals surface area contributed by atoms with Crippen LogP contribution >= 0.6 is 0 Å². The van der Waals surface area contributed by atoms with Crippen molar-refractivity contribution in [2.24, 2.45) is 0 Å². The van der Waals surface area contributed by atoms with E-state index in [4.69, 9.17) is 0 Å². The SMILES string of the molecule is Oc1[nH]c2ccccc2c1C1=CCc2ccccc21. The average Bonchev–Trinajstić information content (AvgIpc) is 2.98. The quantitative estimate of drug-likeness (QED) is 0.673. The zero-order valence-electron chi connectivity index (χ0n) is 10.4. The summed E-state index contributed by atoms with van der Waals surface area (Å²) in [5.74, 6) is 0.254. The van der Waals surface area contributed by atoms with E-state index in [1.165, 1.54) is 11.1 Å². The second kappa shape index (κ2) is 3.75. The Hall–Kier alpha value is -2.48. The van der Waals surface area contributed by atoms with Gasteiger partial charge in [0.2, 0.25) is 0 Å². The Kier molecular flexibility index (Phi) is 2.06. The summed E-state index contributed by atoms with van der Waals surface area (Å²) in [6.45, 7) is 0. The van der Waals surface area contributed by atoms with Crippen LogP contribution in [0.4, 0.5) is 0 Å². The van der Waals surface area contributed by atoms with Crippen LogP contribution in [0, 0.1) is 0 Å². The number of H-pyrrole nitrogens is 1. The minimum Gasteiger partial charge on any atom is -0.494 e. The van der Waals surface area contributed by atoms with Gasteiger partial charge in [-0.1, -0.05) is 48.5 Å². The number of hydrogen-bond donors (Lipinski definition) is 2. The number of nitrogens with one attached hydrogen (secondary N) is 1. The van der Waals surface area contributed by atoms with Gasteiger partial charge in [-0.15, -0.1) is 0 Å². The molecule has 0 atom stereocenters. The maximum Gasteiger partial charge on any atom is 0.197 e. The second-order valence-corrected chi connectivity index (χ2v) is 4.87. The second-order valence-electron chi connectivity index (χ2n) is 4.87. The molecular formula is C17H13NO. The summed E-state index contributed by atoms with van der Waals surface area (Å²) in [7, 11) is 0. The Morgan fingerprint density at radius 2 is 1.74 bits per heavy atom. The molecule has 1 heterocycles. The number of benzene rings is 2. The lowest BCUT2D eigenvalue weighted by molar-refractivity contribution is 0.457. The smallest absolute Gasteiger partial charge is 0.197 e. The van der Waals surface area contributed by atoms with Gasteiger partial charge in [0, 0.05) is 10.9 Å². The van der Waals surface area contributed by atoms with Gasteiger partial charge in [0.05, 0.1) is 5.56 Å². The minimum absolute atomic E-state index is 0.254. The normalized spacial score (nSPS) is 13.6. The van der Waals surface area contributed by atoms with Crippen LogP contribution in [0.25, 0.3) is 16.5 Å². The van der Waals surface area contributed by atoms with Crippen LogP contribution in [-0.2, 0) is 6.42 Å². The predicted octanol–water partition coefficient (Wildman–Crippen LogP) is 3.86. The molecule has 3 aromatic rings. The van der Waals surface area contributed by atoms with E-state index in [2.05, 4.69) is 29.3 Å². The number of aromatic hydroxyl groups is 1. The Morgan fingerprint density at radius 1 is 0.947 bits per heavy atom. The van der Waals surface area contributed by atoms with E-state index < -0.39 is 0 Å². The van der Waals surface area contributed by atoms with Crippen molar-refractivity contribution in [2.45, 2.75) is 6.42 Å². The highest BCUT2D eigenvalue weighted by Gasteiger charge is 2.21. The molecule has 2 aromatic carbocycles. The van der Waals surface area contributed by atoms with Crippen LogP contribution in [0.5, 0.6) is 5.88 Å². The Bertz CT molecular complexity index is 811. The van der Waals surface area contributed by atoms with E-state index in [0.29, 0.717) is 0 Å². The molecule has 1 aromatic heterocycles. The summed E-state index contributed by atoms with van der Waals surface area (Å²) in [5.41, 5.74) is 5.57. The molecule has 0 aliphatic heterocycles. The van der Waals surface area contributed by atoms with Gasteiger partial charge in [0.15, 0.2) is 5.88 Å². The number of aromatic nitrogens is 1. The molecule has 2 heteroatoms. The molecule has 92 valence electrons. The first-order valence-electron chi connectivity index (χ1n) is 6.43. The zero-order chi connectivity index (χ0) is 12.8. The van der Waals surface area contributed by atoms with E-state index in [0.717, 1.165) is 28.5 Å². The van der Waals surface area contributed by atoms with E-state index in [9.17, 15) is 5.11 Å². The fourth-order valence-electron chi connectivity index (χ4n) is 2.92. The summed E-state index contributed by atoms with van der Waals surface area (Å²) in [6.07, 6.45) is 3.13. The third-order valence-corrected chi connectivity index (χ3v) is 3.79. The molecule has 1 aliphatic rings. The fraction of sp³-hybridized carbons (Fsp3) is 0.0588. The number of para-hydroxylation sites is 1. The highest BCUT2D eigenvalue weighted by atomic mass is 16.3. The lowest BCUT2D eigenvalue weighted by atomic mass is 9.98. The lowest BCUT2D eigenvalue weighted by Crippen LogP contribution is -1.86. The average molecular weight is 247 g/mol. The summed E-state index contributed by atoms with van der Waals surface area (Å²) in [6, 6.07) is 16.4. The number of allylic oxidation sites excluding steroid dienone is 1. The Balaban J connectivity index is 2.00. The molecule has 0 spiro atoms. The van der Waals surface area contributed by atoms with Crippen molar-refractivity contribution in [1.29, 1.82) is 0 Å².